The van der Waals surface area contributed by atoms with Crippen LogP contribution in [0.5, 0.6) is 0 Å². The molecular formula is C18H30N4O2. The van der Waals surface area contributed by atoms with Crippen LogP contribution in [0.25, 0.3) is 0 Å². The van der Waals surface area contributed by atoms with Gasteiger partial charge >= 0.3 is 6.03 Å². The van der Waals surface area contributed by atoms with Gasteiger partial charge in [-0.15, -0.1) is 0 Å². The Bertz CT molecular complexity index is 499. The van der Waals surface area contributed by atoms with Gasteiger partial charge in [0.2, 0.25) is 5.91 Å². The molecule has 0 bridgehead atoms. The van der Waals surface area contributed by atoms with Crippen molar-refractivity contribution in [3.05, 3.63) is 0 Å². The maximum Gasteiger partial charge on any atom is 0.317 e. The van der Waals surface area contributed by atoms with E-state index in [0.717, 1.165) is 25.6 Å². The molecular weight excluding hydrogens is 304 g/mol. The molecule has 0 radical (unpaired) electrons. The van der Waals surface area contributed by atoms with Crippen molar-refractivity contribution in [3.63, 3.8) is 0 Å². The highest BCUT2D eigenvalue weighted by molar-refractivity contribution is 5.82. The first-order valence-corrected chi connectivity index (χ1v) is 9.67. The van der Waals surface area contributed by atoms with Gasteiger partial charge < -0.3 is 20.0 Å². The first-order valence-electron chi connectivity index (χ1n) is 9.67. The summed E-state index contributed by atoms with van der Waals surface area (Å²) in [6.07, 6.45) is 4.97. The van der Waals surface area contributed by atoms with Crippen molar-refractivity contribution in [1.82, 2.24) is 20.0 Å². The molecule has 4 aliphatic rings. The third kappa shape index (κ3) is 3.53. The number of carbonyl (C=O) groups is 2. The predicted molar refractivity (Wildman–Crippen MR) is 91.5 cm³/mol. The predicted octanol–water partition coefficient (Wildman–Crippen LogP) is 0.981. The first kappa shape index (κ1) is 16.2. The van der Waals surface area contributed by atoms with E-state index in [-0.39, 0.29) is 11.9 Å². The van der Waals surface area contributed by atoms with E-state index >= 15 is 0 Å². The number of hydrogen-bond acceptors (Lipinski definition) is 3. The third-order valence-corrected chi connectivity index (χ3v) is 6.23. The summed E-state index contributed by atoms with van der Waals surface area (Å²) in [6, 6.07) is 0.886. The SMILES string of the molecule is C[C@@H]1C[C@H]1C(=O)N1CCN(C(=O)NC[C@H]2CCN(C3CC3)C2)CC1. The van der Waals surface area contributed by atoms with Crippen molar-refractivity contribution in [3.8, 4) is 0 Å². The van der Waals surface area contributed by atoms with Gasteiger partial charge in [-0.25, -0.2) is 4.79 Å². The van der Waals surface area contributed by atoms with Gasteiger partial charge in [0.15, 0.2) is 0 Å². The third-order valence-electron chi connectivity index (χ3n) is 6.23. The van der Waals surface area contributed by atoms with Gasteiger partial charge in [-0.1, -0.05) is 6.92 Å². The van der Waals surface area contributed by atoms with Crippen LogP contribution in [0.3, 0.4) is 0 Å². The van der Waals surface area contributed by atoms with Crippen LogP contribution >= 0.6 is 0 Å². The number of rotatable bonds is 4. The Morgan fingerprint density at radius 1 is 1.00 bits per heavy atom. The second kappa shape index (κ2) is 6.54. The van der Waals surface area contributed by atoms with Crippen LogP contribution in [0.2, 0.25) is 0 Å². The zero-order valence-electron chi connectivity index (χ0n) is 14.7. The van der Waals surface area contributed by atoms with Gasteiger partial charge in [-0.3, -0.25) is 4.79 Å². The van der Waals surface area contributed by atoms with Gasteiger partial charge in [-0.05, 0) is 44.1 Å². The molecule has 2 aliphatic heterocycles. The highest BCUT2D eigenvalue weighted by Gasteiger charge is 2.42. The van der Waals surface area contributed by atoms with Crippen molar-refractivity contribution >= 4 is 11.9 Å². The fourth-order valence-corrected chi connectivity index (χ4v) is 4.17. The number of nitrogens with one attached hydrogen (secondary N) is 1. The number of amides is 3. The molecule has 2 saturated heterocycles. The molecule has 0 aromatic carbocycles. The Kier molecular flexibility index (Phi) is 4.41. The van der Waals surface area contributed by atoms with E-state index < -0.39 is 0 Å². The molecule has 6 heteroatoms. The van der Waals surface area contributed by atoms with E-state index in [1.807, 2.05) is 9.80 Å². The number of carbonyl (C=O) groups excluding carboxylic acids is 2. The lowest BCUT2D eigenvalue weighted by molar-refractivity contribution is -0.134. The summed E-state index contributed by atoms with van der Waals surface area (Å²) in [4.78, 5) is 31.0. The average Bonchev–Trinajstić information content (AvgIpc) is 3.52. The Morgan fingerprint density at radius 3 is 2.29 bits per heavy atom. The van der Waals surface area contributed by atoms with E-state index in [1.54, 1.807) is 0 Å². The molecule has 2 aliphatic carbocycles. The molecule has 0 aromatic rings. The van der Waals surface area contributed by atoms with Gasteiger partial charge in [0.25, 0.3) is 0 Å². The van der Waals surface area contributed by atoms with Crippen LogP contribution in [0.15, 0.2) is 0 Å². The Hall–Kier alpha value is -1.30. The number of nitrogens with zero attached hydrogens (tertiary/aromatic N) is 3. The normalized spacial score (nSPS) is 33.6. The quantitative estimate of drug-likeness (QED) is 0.834. The van der Waals surface area contributed by atoms with Crippen LogP contribution in [-0.4, -0.2) is 78.5 Å². The fourth-order valence-electron chi connectivity index (χ4n) is 4.17. The molecule has 3 atom stereocenters. The van der Waals surface area contributed by atoms with Crippen LogP contribution in [0, 0.1) is 17.8 Å². The van der Waals surface area contributed by atoms with Crippen molar-refractivity contribution in [1.29, 1.82) is 0 Å². The van der Waals surface area contributed by atoms with Gasteiger partial charge in [0, 0.05) is 51.2 Å². The summed E-state index contributed by atoms with van der Waals surface area (Å²) in [5.41, 5.74) is 0. The first-order chi connectivity index (χ1) is 11.6. The molecule has 6 nitrogen and oxygen atoms in total. The number of urea groups is 1. The zero-order valence-corrected chi connectivity index (χ0v) is 14.7. The Labute approximate surface area is 144 Å². The van der Waals surface area contributed by atoms with Crippen LogP contribution in [0.1, 0.15) is 32.6 Å². The fraction of sp³-hybridized carbons (Fsp3) is 0.889. The number of likely N-dealkylation sites (tertiary alicyclic amines) is 1. The molecule has 134 valence electrons. The molecule has 24 heavy (non-hydrogen) atoms. The highest BCUT2D eigenvalue weighted by Crippen LogP contribution is 2.39. The van der Waals surface area contributed by atoms with E-state index in [4.69, 9.17) is 0 Å². The Balaban J connectivity index is 1.16. The summed E-state index contributed by atoms with van der Waals surface area (Å²) < 4.78 is 0. The lowest BCUT2D eigenvalue weighted by atomic mass is 10.1. The number of piperazine rings is 1. The summed E-state index contributed by atoms with van der Waals surface area (Å²) in [5.74, 6) is 1.71. The maximum atomic E-state index is 12.4. The van der Waals surface area contributed by atoms with Crippen LogP contribution in [0.4, 0.5) is 4.79 Å². The number of hydrogen-bond donors (Lipinski definition) is 1. The Morgan fingerprint density at radius 2 is 1.67 bits per heavy atom. The minimum absolute atomic E-state index is 0.0479. The maximum absolute atomic E-state index is 12.4. The largest absolute Gasteiger partial charge is 0.339 e. The molecule has 0 unspecified atom stereocenters. The molecule has 4 rings (SSSR count). The van der Waals surface area contributed by atoms with Gasteiger partial charge in [0.05, 0.1) is 0 Å². The molecule has 3 amide bonds. The van der Waals surface area contributed by atoms with Gasteiger partial charge in [0.1, 0.15) is 0 Å². The molecule has 1 N–H and O–H groups in total. The highest BCUT2D eigenvalue weighted by atomic mass is 16.2. The zero-order chi connectivity index (χ0) is 16.7. The van der Waals surface area contributed by atoms with E-state index in [0.29, 0.717) is 43.9 Å². The molecule has 0 spiro atoms. The minimum Gasteiger partial charge on any atom is -0.339 e. The van der Waals surface area contributed by atoms with Crippen LogP contribution < -0.4 is 5.32 Å². The molecule has 2 saturated carbocycles. The van der Waals surface area contributed by atoms with Crippen molar-refractivity contribution < 1.29 is 9.59 Å². The standard InChI is InChI=1S/C18H30N4O2/c1-13-10-16(13)17(23)20-6-8-21(9-7-20)18(24)19-11-14-4-5-22(12-14)15-2-3-15/h13-16H,2-12H2,1H3,(H,19,24)/t13-,14-,16-/m1/s1. The minimum atomic E-state index is 0.0479. The van der Waals surface area contributed by atoms with Crippen LogP contribution in [-0.2, 0) is 4.79 Å². The summed E-state index contributed by atoms with van der Waals surface area (Å²) in [5, 5.41) is 3.12. The molecule has 2 heterocycles. The van der Waals surface area contributed by atoms with Crippen molar-refractivity contribution in [2.45, 2.75) is 38.6 Å². The second-order valence-corrected chi connectivity index (χ2v) is 8.20. The van der Waals surface area contributed by atoms with Crippen molar-refractivity contribution in [2.75, 3.05) is 45.8 Å². The molecule has 0 aromatic heterocycles. The molecule has 4 fully saturated rings. The van der Waals surface area contributed by atoms with E-state index in [1.165, 1.54) is 25.8 Å². The van der Waals surface area contributed by atoms with Gasteiger partial charge in [-0.2, -0.15) is 0 Å². The summed E-state index contributed by atoms with van der Waals surface area (Å²) >= 11 is 0. The van der Waals surface area contributed by atoms with Crippen molar-refractivity contribution in [2.24, 2.45) is 17.8 Å². The lowest BCUT2D eigenvalue weighted by Gasteiger charge is -2.35. The topological polar surface area (TPSA) is 55.9 Å². The monoisotopic (exact) mass is 334 g/mol. The van der Waals surface area contributed by atoms with E-state index in [9.17, 15) is 9.59 Å². The van der Waals surface area contributed by atoms with E-state index in [2.05, 4.69) is 17.1 Å². The smallest absolute Gasteiger partial charge is 0.317 e. The summed E-state index contributed by atoms with van der Waals surface area (Å²) in [6.45, 7) is 7.98. The lowest BCUT2D eigenvalue weighted by Crippen LogP contribution is -2.54. The average molecular weight is 334 g/mol. The second-order valence-electron chi connectivity index (χ2n) is 8.20. The summed E-state index contributed by atoms with van der Waals surface area (Å²) in [7, 11) is 0.